The first-order valence-corrected chi connectivity index (χ1v) is 6.77. The standard InChI is InChI=1S/C17H18N2O/c1-18-11-15-10-14-6-2-3-8-17(14)19(15)12-13-5-4-7-16(20)9-13/h2-10,18,20H,11-12H2,1H3. The highest BCUT2D eigenvalue weighted by molar-refractivity contribution is 5.81. The maximum absolute atomic E-state index is 9.61. The molecule has 0 unspecified atom stereocenters. The maximum atomic E-state index is 9.61. The van der Waals surface area contributed by atoms with Crippen LogP contribution >= 0.6 is 0 Å². The minimum absolute atomic E-state index is 0.314. The van der Waals surface area contributed by atoms with E-state index in [1.165, 1.54) is 16.6 Å². The van der Waals surface area contributed by atoms with Crippen LogP contribution in [-0.4, -0.2) is 16.7 Å². The molecular weight excluding hydrogens is 248 g/mol. The van der Waals surface area contributed by atoms with Crippen LogP contribution in [0.4, 0.5) is 0 Å². The summed E-state index contributed by atoms with van der Waals surface area (Å²) in [5.74, 6) is 0.314. The second kappa shape index (κ2) is 5.39. The van der Waals surface area contributed by atoms with E-state index < -0.39 is 0 Å². The lowest BCUT2D eigenvalue weighted by Gasteiger charge is -2.11. The summed E-state index contributed by atoms with van der Waals surface area (Å²) in [7, 11) is 1.95. The van der Waals surface area contributed by atoms with Gasteiger partial charge in [0.1, 0.15) is 5.75 Å². The third-order valence-corrected chi connectivity index (χ3v) is 3.51. The molecule has 0 amide bonds. The summed E-state index contributed by atoms with van der Waals surface area (Å²) in [6.45, 7) is 1.59. The summed E-state index contributed by atoms with van der Waals surface area (Å²) in [5, 5.41) is 14.1. The van der Waals surface area contributed by atoms with E-state index in [4.69, 9.17) is 0 Å². The molecule has 3 heteroatoms. The minimum Gasteiger partial charge on any atom is -0.508 e. The van der Waals surface area contributed by atoms with E-state index in [2.05, 4.69) is 40.2 Å². The van der Waals surface area contributed by atoms with Crippen LogP contribution in [0.3, 0.4) is 0 Å². The van der Waals surface area contributed by atoms with Gasteiger partial charge >= 0.3 is 0 Å². The van der Waals surface area contributed by atoms with Gasteiger partial charge in [-0.1, -0.05) is 30.3 Å². The summed E-state index contributed by atoms with van der Waals surface area (Å²) in [5.41, 5.74) is 3.57. The van der Waals surface area contributed by atoms with Crippen LogP contribution < -0.4 is 5.32 Å². The van der Waals surface area contributed by atoms with E-state index >= 15 is 0 Å². The van der Waals surface area contributed by atoms with Crippen LogP contribution in [0.5, 0.6) is 5.75 Å². The molecule has 3 rings (SSSR count). The average molecular weight is 266 g/mol. The van der Waals surface area contributed by atoms with Crippen molar-refractivity contribution in [2.75, 3.05) is 7.05 Å². The number of nitrogens with one attached hydrogen (secondary N) is 1. The number of phenolic OH excluding ortho intramolecular Hbond substituents is 1. The number of phenols is 1. The van der Waals surface area contributed by atoms with Crippen molar-refractivity contribution in [2.24, 2.45) is 0 Å². The Balaban J connectivity index is 2.06. The molecule has 0 atom stereocenters. The van der Waals surface area contributed by atoms with Gasteiger partial charge in [0.25, 0.3) is 0 Å². The van der Waals surface area contributed by atoms with Gasteiger partial charge in [-0.05, 0) is 42.3 Å². The molecule has 0 saturated carbocycles. The van der Waals surface area contributed by atoms with Gasteiger partial charge in [0.05, 0.1) is 0 Å². The van der Waals surface area contributed by atoms with Gasteiger partial charge in [0.2, 0.25) is 0 Å². The van der Waals surface area contributed by atoms with Crippen LogP contribution in [0.2, 0.25) is 0 Å². The van der Waals surface area contributed by atoms with Crippen molar-refractivity contribution in [1.82, 2.24) is 9.88 Å². The van der Waals surface area contributed by atoms with Crippen LogP contribution in [0.25, 0.3) is 10.9 Å². The lowest BCUT2D eigenvalue weighted by atomic mass is 10.2. The Morgan fingerprint density at radius 2 is 1.90 bits per heavy atom. The number of hydrogen-bond acceptors (Lipinski definition) is 2. The van der Waals surface area contributed by atoms with Crippen LogP contribution in [0.15, 0.2) is 54.6 Å². The average Bonchev–Trinajstić information content (AvgIpc) is 2.78. The number of aromatic hydroxyl groups is 1. The minimum atomic E-state index is 0.314. The second-order valence-corrected chi connectivity index (χ2v) is 4.98. The first-order valence-electron chi connectivity index (χ1n) is 6.77. The van der Waals surface area contributed by atoms with Crippen molar-refractivity contribution >= 4 is 10.9 Å². The van der Waals surface area contributed by atoms with Gasteiger partial charge in [-0.25, -0.2) is 0 Å². The molecular formula is C17H18N2O. The van der Waals surface area contributed by atoms with E-state index in [-0.39, 0.29) is 0 Å². The van der Waals surface area contributed by atoms with Crippen molar-refractivity contribution in [3.8, 4) is 5.75 Å². The zero-order chi connectivity index (χ0) is 13.9. The monoisotopic (exact) mass is 266 g/mol. The maximum Gasteiger partial charge on any atom is 0.115 e. The molecule has 0 fully saturated rings. The second-order valence-electron chi connectivity index (χ2n) is 4.98. The third kappa shape index (κ3) is 2.40. The molecule has 0 aliphatic rings. The van der Waals surface area contributed by atoms with Gasteiger partial charge in [0, 0.05) is 24.3 Å². The molecule has 2 aromatic carbocycles. The fraction of sp³-hybridized carbons (Fsp3) is 0.176. The van der Waals surface area contributed by atoms with Gasteiger partial charge < -0.3 is 15.0 Å². The van der Waals surface area contributed by atoms with Crippen LogP contribution in [0, 0.1) is 0 Å². The Kier molecular flexibility index (Phi) is 3.44. The van der Waals surface area contributed by atoms with Gasteiger partial charge in [-0.15, -0.1) is 0 Å². The molecule has 0 aliphatic heterocycles. The SMILES string of the molecule is CNCc1cc2ccccc2n1Cc1cccc(O)c1. The smallest absolute Gasteiger partial charge is 0.115 e. The van der Waals surface area contributed by atoms with Gasteiger partial charge in [0.15, 0.2) is 0 Å². The predicted molar refractivity (Wildman–Crippen MR) is 81.9 cm³/mol. The Bertz CT molecular complexity index is 731. The molecule has 0 aliphatic carbocycles. The molecule has 1 aromatic heterocycles. The highest BCUT2D eigenvalue weighted by Gasteiger charge is 2.08. The predicted octanol–water partition coefficient (Wildman–Crippen LogP) is 3.11. The quantitative estimate of drug-likeness (QED) is 0.761. The van der Waals surface area contributed by atoms with E-state index in [9.17, 15) is 5.11 Å². The van der Waals surface area contributed by atoms with Crippen LogP contribution in [0.1, 0.15) is 11.3 Å². The van der Waals surface area contributed by atoms with Gasteiger partial charge in [-0.3, -0.25) is 0 Å². The van der Waals surface area contributed by atoms with E-state index in [1.807, 2.05) is 25.2 Å². The van der Waals surface area contributed by atoms with Gasteiger partial charge in [-0.2, -0.15) is 0 Å². The van der Waals surface area contributed by atoms with Crippen molar-refractivity contribution in [3.05, 3.63) is 65.9 Å². The first kappa shape index (κ1) is 12.8. The Morgan fingerprint density at radius 1 is 1.05 bits per heavy atom. The molecule has 0 spiro atoms. The summed E-state index contributed by atoms with van der Waals surface area (Å²) >= 11 is 0. The summed E-state index contributed by atoms with van der Waals surface area (Å²) in [6, 6.07) is 18.0. The Morgan fingerprint density at radius 3 is 2.70 bits per heavy atom. The zero-order valence-corrected chi connectivity index (χ0v) is 11.5. The molecule has 1 heterocycles. The summed E-state index contributed by atoms with van der Waals surface area (Å²) in [4.78, 5) is 0. The fourth-order valence-corrected chi connectivity index (χ4v) is 2.62. The molecule has 3 aromatic rings. The Labute approximate surface area is 118 Å². The molecule has 0 saturated heterocycles. The van der Waals surface area contributed by atoms with Crippen molar-refractivity contribution < 1.29 is 5.11 Å². The van der Waals surface area contributed by atoms with Crippen molar-refractivity contribution in [1.29, 1.82) is 0 Å². The number of nitrogens with zero attached hydrogens (tertiary/aromatic N) is 1. The lowest BCUT2D eigenvalue weighted by molar-refractivity contribution is 0.474. The number of hydrogen-bond donors (Lipinski definition) is 2. The van der Waals surface area contributed by atoms with E-state index in [0.29, 0.717) is 5.75 Å². The normalized spacial score (nSPS) is 11.1. The lowest BCUT2D eigenvalue weighted by Crippen LogP contribution is -2.11. The highest BCUT2D eigenvalue weighted by Crippen LogP contribution is 2.22. The first-order chi connectivity index (χ1) is 9.78. The number of rotatable bonds is 4. The summed E-state index contributed by atoms with van der Waals surface area (Å²) in [6.07, 6.45) is 0. The van der Waals surface area contributed by atoms with Crippen molar-refractivity contribution in [2.45, 2.75) is 13.1 Å². The number of fused-ring (bicyclic) bond motifs is 1. The Hall–Kier alpha value is -2.26. The van der Waals surface area contributed by atoms with Crippen LogP contribution in [-0.2, 0) is 13.1 Å². The van der Waals surface area contributed by atoms with E-state index in [0.717, 1.165) is 18.7 Å². The van der Waals surface area contributed by atoms with E-state index in [1.54, 1.807) is 6.07 Å². The third-order valence-electron chi connectivity index (χ3n) is 3.51. The van der Waals surface area contributed by atoms with Crippen molar-refractivity contribution in [3.63, 3.8) is 0 Å². The topological polar surface area (TPSA) is 37.2 Å². The number of benzene rings is 2. The molecule has 0 radical (unpaired) electrons. The zero-order valence-electron chi connectivity index (χ0n) is 11.5. The molecule has 102 valence electrons. The largest absolute Gasteiger partial charge is 0.508 e. The number of aromatic nitrogens is 1. The number of para-hydroxylation sites is 1. The summed E-state index contributed by atoms with van der Waals surface area (Å²) < 4.78 is 2.29. The highest BCUT2D eigenvalue weighted by atomic mass is 16.3. The molecule has 3 nitrogen and oxygen atoms in total. The molecule has 20 heavy (non-hydrogen) atoms. The fourth-order valence-electron chi connectivity index (χ4n) is 2.62. The molecule has 0 bridgehead atoms. The molecule has 2 N–H and O–H groups in total.